The number of hydrogen-bond donors (Lipinski definition) is 0. The Hall–Kier alpha value is -9.70. The highest BCUT2D eigenvalue weighted by atomic mass is 16.3. The molecule has 0 saturated carbocycles. The van der Waals surface area contributed by atoms with Crippen molar-refractivity contribution in [2.75, 3.05) is 0 Å². The molecule has 16 rings (SSSR count). The number of hydrogen-bond acceptors (Lipinski definition) is 3. The maximum atomic E-state index is 6.90. The monoisotopic (exact) mass is 984 g/mol. The van der Waals surface area contributed by atoms with Gasteiger partial charge in [-0.25, -0.2) is 0 Å². The van der Waals surface area contributed by atoms with Gasteiger partial charge in [0.15, 0.2) is 0 Å². The van der Waals surface area contributed by atoms with Crippen LogP contribution >= 0.6 is 0 Å². The van der Waals surface area contributed by atoms with Gasteiger partial charge in [0.05, 0.1) is 0 Å². The lowest BCUT2D eigenvalue weighted by Gasteiger charge is -2.23. The maximum absolute atomic E-state index is 6.90. The van der Waals surface area contributed by atoms with Crippen LogP contribution < -0.4 is 0 Å². The molecular formula is C74H48O3. The first kappa shape index (κ1) is 43.7. The summed E-state index contributed by atoms with van der Waals surface area (Å²) in [4.78, 5) is 0. The Labute approximate surface area is 443 Å². The van der Waals surface area contributed by atoms with Gasteiger partial charge in [0.2, 0.25) is 0 Å². The Bertz CT molecular complexity index is 5130. The van der Waals surface area contributed by atoms with Crippen LogP contribution in [0.3, 0.4) is 0 Å². The van der Waals surface area contributed by atoms with E-state index in [-0.39, 0.29) is 5.41 Å². The van der Waals surface area contributed by atoms with Crippen molar-refractivity contribution in [1.29, 1.82) is 0 Å². The summed E-state index contributed by atoms with van der Waals surface area (Å²) in [6, 6.07) is 86.3. The fourth-order valence-corrected chi connectivity index (χ4v) is 12.8. The smallest absolute Gasteiger partial charge is 0.143 e. The van der Waals surface area contributed by atoms with E-state index in [4.69, 9.17) is 13.3 Å². The Morgan fingerprint density at radius 1 is 0.234 bits per heavy atom. The van der Waals surface area contributed by atoms with E-state index in [0.717, 1.165) is 137 Å². The molecule has 0 unspecified atom stereocenters. The molecule has 0 aliphatic carbocycles. The first-order valence-corrected chi connectivity index (χ1v) is 26.6. The first-order chi connectivity index (χ1) is 37.8. The van der Waals surface area contributed by atoms with Gasteiger partial charge in [0, 0.05) is 54.6 Å². The van der Waals surface area contributed by atoms with Gasteiger partial charge in [-0.15, -0.1) is 0 Å². The predicted molar refractivity (Wildman–Crippen MR) is 324 cm³/mol. The lowest BCUT2D eigenvalue weighted by molar-refractivity contribution is 0.591. The third kappa shape index (κ3) is 6.57. The summed E-state index contributed by atoms with van der Waals surface area (Å²) in [5, 5.41) is 16.0. The number of fused-ring (bicyclic) bond motifs is 13. The average Bonchev–Trinajstić information content (AvgIpc) is 4.23. The summed E-state index contributed by atoms with van der Waals surface area (Å²) in [5.41, 5.74) is 17.9. The second kappa shape index (κ2) is 16.4. The molecule has 3 heterocycles. The number of furan rings is 3. The van der Waals surface area contributed by atoms with Crippen LogP contribution in [0.25, 0.3) is 165 Å². The minimum absolute atomic E-state index is 0.0591. The molecule has 3 aromatic heterocycles. The van der Waals surface area contributed by atoms with E-state index in [1.807, 2.05) is 12.1 Å². The van der Waals surface area contributed by atoms with Crippen LogP contribution in [0.5, 0.6) is 0 Å². The second-order valence-corrected chi connectivity index (χ2v) is 21.8. The zero-order valence-corrected chi connectivity index (χ0v) is 42.7. The summed E-state index contributed by atoms with van der Waals surface area (Å²) < 4.78 is 20.3. The molecule has 0 radical (unpaired) electrons. The maximum Gasteiger partial charge on any atom is 0.143 e. The number of benzene rings is 13. The van der Waals surface area contributed by atoms with Gasteiger partial charge in [-0.2, -0.15) is 0 Å². The van der Waals surface area contributed by atoms with Crippen molar-refractivity contribution in [2.24, 2.45) is 0 Å². The van der Waals surface area contributed by atoms with E-state index < -0.39 is 0 Å². The highest BCUT2D eigenvalue weighted by molar-refractivity contribution is 6.27. The van der Waals surface area contributed by atoms with Crippen molar-refractivity contribution in [2.45, 2.75) is 26.2 Å². The third-order valence-corrected chi connectivity index (χ3v) is 16.4. The van der Waals surface area contributed by atoms with Crippen molar-refractivity contribution >= 4 is 109 Å². The van der Waals surface area contributed by atoms with E-state index in [9.17, 15) is 0 Å². The van der Waals surface area contributed by atoms with Gasteiger partial charge in [0.1, 0.15) is 33.5 Å². The van der Waals surface area contributed by atoms with Gasteiger partial charge in [-0.3, -0.25) is 0 Å². The van der Waals surface area contributed by atoms with E-state index in [2.05, 4.69) is 245 Å². The minimum Gasteiger partial charge on any atom is -0.456 e. The van der Waals surface area contributed by atoms with Gasteiger partial charge in [-0.05, 0) is 136 Å². The molecule has 0 spiro atoms. The largest absolute Gasteiger partial charge is 0.456 e. The molecule has 0 atom stereocenters. The molecule has 0 fully saturated rings. The Balaban J connectivity index is 1.02. The number of rotatable bonds is 5. The number of para-hydroxylation sites is 5. The van der Waals surface area contributed by atoms with Crippen molar-refractivity contribution in [3.8, 4) is 55.6 Å². The highest BCUT2D eigenvalue weighted by Gasteiger charge is 2.25. The molecule has 13 aromatic carbocycles. The normalized spacial score (nSPS) is 12.4. The van der Waals surface area contributed by atoms with Gasteiger partial charge < -0.3 is 13.3 Å². The topological polar surface area (TPSA) is 39.4 Å². The molecule has 3 nitrogen and oxygen atoms in total. The summed E-state index contributed by atoms with van der Waals surface area (Å²) in [7, 11) is 0. The highest BCUT2D eigenvalue weighted by Crippen LogP contribution is 2.51. The Morgan fingerprint density at radius 3 is 1.22 bits per heavy atom. The van der Waals surface area contributed by atoms with Gasteiger partial charge >= 0.3 is 0 Å². The van der Waals surface area contributed by atoms with E-state index in [1.165, 1.54) is 32.8 Å². The molecular weight excluding hydrogens is 937 g/mol. The van der Waals surface area contributed by atoms with Crippen LogP contribution in [-0.4, -0.2) is 0 Å². The lowest BCUT2D eigenvalue weighted by Crippen LogP contribution is -2.10. The molecule has 3 heteroatoms. The first-order valence-electron chi connectivity index (χ1n) is 26.6. The fraction of sp³-hybridized carbons (Fsp3) is 0.0541. The molecule has 16 aromatic rings. The van der Waals surface area contributed by atoms with Crippen LogP contribution in [0, 0.1) is 0 Å². The Kier molecular flexibility index (Phi) is 9.30. The van der Waals surface area contributed by atoms with Crippen LogP contribution in [0.4, 0.5) is 0 Å². The van der Waals surface area contributed by atoms with E-state index in [0.29, 0.717) is 0 Å². The van der Waals surface area contributed by atoms with Crippen LogP contribution in [0.1, 0.15) is 26.3 Å². The summed E-state index contributed by atoms with van der Waals surface area (Å²) in [6.07, 6.45) is 0. The molecule has 0 saturated heterocycles. The average molecular weight is 985 g/mol. The van der Waals surface area contributed by atoms with E-state index >= 15 is 0 Å². The van der Waals surface area contributed by atoms with Crippen LogP contribution in [-0.2, 0) is 5.41 Å². The van der Waals surface area contributed by atoms with Crippen molar-refractivity contribution in [3.05, 3.63) is 242 Å². The predicted octanol–water partition coefficient (Wildman–Crippen LogP) is 21.6. The van der Waals surface area contributed by atoms with Crippen molar-refractivity contribution in [1.82, 2.24) is 0 Å². The summed E-state index contributed by atoms with van der Waals surface area (Å²) in [6.45, 7) is 6.91. The summed E-state index contributed by atoms with van der Waals surface area (Å²) >= 11 is 0. The van der Waals surface area contributed by atoms with E-state index in [1.54, 1.807) is 0 Å². The van der Waals surface area contributed by atoms with Crippen LogP contribution in [0.15, 0.2) is 250 Å². The lowest BCUT2D eigenvalue weighted by atomic mass is 9.80. The third-order valence-electron chi connectivity index (χ3n) is 16.4. The molecule has 0 aliphatic heterocycles. The fourth-order valence-electron chi connectivity index (χ4n) is 12.8. The second-order valence-electron chi connectivity index (χ2n) is 21.8. The molecule has 362 valence electrons. The van der Waals surface area contributed by atoms with Crippen molar-refractivity contribution < 1.29 is 13.3 Å². The van der Waals surface area contributed by atoms with Crippen molar-refractivity contribution in [3.63, 3.8) is 0 Å². The molecule has 77 heavy (non-hydrogen) atoms. The molecule has 0 amide bonds. The van der Waals surface area contributed by atoms with Gasteiger partial charge in [-0.1, -0.05) is 209 Å². The van der Waals surface area contributed by atoms with Crippen LogP contribution in [0.2, 0.25) is 0 Å². The minimum atomic E-state index is -0.0591. The quantitative estimate of drug-likeness (QED) is 0.161. The zero-order chi connectivity index (χ0) is 51.1. The summed E-state index contributed by atoms with van der Waals surface area (Å²) in [5.74, 6) is 0. The Morgan fingerprint density at radius 2 is 0.623 bits per heavy atom. The zero-order valence-electron chi connectivity index (χ0n) is 42.7. The molecule has 0 bridgehead atoms. The SMILES string of the molecule is CC(C)(C)c1ccc2c(-c3cccc4c3oc3ccccc34)c3cc(-c4ccc5c(-c6cccc7c6oc6ccccc67)c6ccccc6c(-c6ccc7c(c6)oc6ccccc67)c5c4)ccc3c(-c3ccccc3)c2c1. The standard InChI is InChI=1S/C74H48O3/c1-74(2,3)47-34-38-56-63(42-47)68(43-17-5-4-6-18-43)54-36-31-45(40-62(54)71(56)60-27-16-25-58-50-21-11-14-30-66(50)77-73(58)60)44-32-37-55-61(39-44)69(46-33-35-51-48-19-9-12-28-64(48)75-67(51)41-46)52-22-7-8-23-53(52)70(55)59-26-15-24-57-49-20-10-13-29-65(49)76-72(57)59/h4-42H,1-3H3. The van der Waals surface area contributed by atoms with Gasteiger partial charge in [0.25, 0.3) is 0 Å². The molecule has 0 aliphatic rings. The molecule has 0 N–H and O–H groups in total.